The fourth-order valence-electron chi connectivity index (χ4n) is 2.84. The molecular weight excluding hydrogens is 238 g/mol. The van der Waals surface area contributed by atoms with Gasteiger partial charge in [0, 0.05) is 12.5 Å². The van der Waals surface area contributed by atoms with Crippen LogP contribution in [-0.4, -0.2) is 25.2 Å². The van der Waals surface area contributed by atoms with E-state index >= 15 is 0 Å². The Hall–Kier alpha value is -0.570. The highest BCUT2D eigenvalue weighted by Gasteiger charge is 2.23. The molecule has 0 spiro atoms. The van der Waals surface area contributed by atoms with E-state index in [1.54, 1.807) is 0 Å². The lowest BCUT2D eigenvalue weighted by molar-refractivity contribution is -0.143. The maximum absolute atomic E-state index is 11.2. The molecule has 0 amide bonds. The van der Waals surface area contributed by atoms with E-state index in [1.165, 1.54) is 25.7 Å². The van der Waals surface area contributed by atoms with Crippen LogP contribution in [0.3, 0.4) is 0 Å². The molecule has 1 aliphatic carbocycles. The minimum Gasteiger partial charge on any atom is -0.466 e. The zero-order chi connectivity index (χ0) is 14.1. The number of nitrogens with one attached hydrogen (secondary N) is 1. The van der Waals surface area contributed by atoms with Gasteiger partial charge in [-0.1, -0.05) is 20.3 Å². The smallest absolute Gasteiger partial charge is 0.305 e. The molecule has 1 N–H and O–H groups in total. The Labute approximate surface area is 118 Å². The Bertz CT molecular complexity index is 255. The van der Waals surface area contributed by atoms with Crippen LogP contribution >= 0.6 is 0 Å². The quantitative estimate of drug-likeness (QED) is 0.541. The van der Waals surface area contributed by atoms with Gasteiger partial charge in [-0.15, -0.1) is 0 Å². The molecule has 1 aliphatic rings. The van der Waals surface area contributed by atoms with E-state index in [2.05, 4.69) is 19.2 Å². The number of ether oxygens (including phenoxy) is 1. The van der Waals surface area contributed by atoms with Crippen LogP contribution in [0.5, 0.6) is 0 Å². The lowest BCUT2D eigenvalue weighted by atomic mass is 9.79. The van der Waals surface area contributed by atoms with Crippen LogP contribution < -0.4 is 5.32 Å². The summed E-state index contributed by atoms with van der Waals surface area (Å²) < 4.78 is 4.91. The van der Waals surface area contributed by atoms with Gasteiger partial charge in [0.25, 0.3) is 0 Å². The Balaban J connectivity index is 1.95. The SMILES string of the molecule is CCOC(=O)CCCCCNC1CCC(C)C(C)C1. The Morgan fingerprint density at radius 3 is 2.63 bits per heavy atom. The highest BCUT2D eigenvalue weighted by molar-refractivity contribution is 5.69. The van der Waals surface area contributed by atoms with Gasteiger partial charge in [-0.2, -0.15) is 0 Å². The zero-order valence-electron chi connectivity index (χ0n) is 12.9. The summed E-state index contributed by atoms with van der Waals surface area (Å²) in [5, 5.41) is 3.67. The summed E-state index contributed by atoms with van der Waals surface area (Å²) in [5.41, 5.74) is 0. The molecule has 3 unspecified atom stereocenters. The predicted molar refractivity (Wildman–Crippen MR) is 79.1 cm³/mol. The van der Waals surface area contributed by atoms with Crippen LogP contribution in [-0.2, 0) is 9.53 Å². The van der Waals surface area contributed by atoms with Crippen LogP contribution in [0.2, 0.25) is 0 Å². The molecule has 19 heavy (non-hydrogen) atoms. The van der Waals surface area contributed by atoms with Gasteiger partial charge < -0.3 is 10.1 Å². The topological polar surface area (TPSA) is 38.3 Å². The lowest BCUT2D eigenvalue weighted by Crippen LogP contribution is -2.36. The molecular formula is C16H31NO2. The van der Waals surface area contributed by atoms with Gasteiger partial charge in [0.15, 0.2) is 0 Å². The molecule has 0 aliphatic heterocycles. The highest BCUT2D eigenvalue weighted by atomic mass is 16.5. The molecule has 0 aromatic heterocycles. The molecule has 112 valence electrons. The standard InChI is InChI=1S/C16H31NO2/c1-4-19-16(18)8-6-5-7-11-17-15-10-9-13(2)14(3)12-15/h13-15,17H,4-12H2,1-3H3. The average Bonchev–Trinajstić information content (AvgIpc) is 2.38. The normalized spacial score (nSPS) is 27.2. The summed E-state index contributed by atoms with van der Waals surface area (Å²) >= 11 is 0. The van der Waals surface area contributed by atoms with Gasteiger partial charge >= 0.3 is 5.97 Å². The molecule has 1 fully saturated rings. The van der Waals surface area contributed by atoms with Gasteiger partial charge in [0.1, 0.15) is 0 Å². The summed E-state index contributed by atoms with van der Waals surface area (Å²) in [6.45, 7) is 8.19. The van der Waals surface area contributed by atoms with Gasteiger partial charge in [-0.25, -0.2) is 0 Å². The van der Waals surface area contributed by atoms with E-state index in [4.69, 9.17) is 4.74 Å². The molecule has 0 saturated heterocycles. The summed E-state index contributed by atoms with van der Waals surface area (Å²) in [6, 6.07) is 0.719. The first-order valence-corrected chi connectivity index (χ1v) is 8.02. The summed E-state index contributed by atoms with van der Waals surface area (Å²) in [6.07, 6.45) is 7.83. The predicted octanol–water partition coefficient (Wildman–Crippen LogP) is 3.52. The number of carbonyl (C=O) groups is 1. The monoisotopic (exact) mass is 269 g/mol. The van der Waals surface area contributed by atoms with E-state index < -0.39 is 0 Å². The molecule has 1 saturated carbocycles. The van der Waals surface area contributed by atoms with Crippen LogP contribution in [0.4, 0.5) is 0 Å². The first-order chi connectivity index (χ1) is 9.13. The number of hydrogen-bond acceptors (Lipinski definition) is 3. The van der Waals surface area contributed by atoms with Crippen LogP contribution in [0, 0.1) is 11.8 Å². The van der Waals surface area contributed by atoms with Crippen molar-refractivity contribution in [2.75, 3.05) is 13.2 Å². The first kappa shape index (κ1) is 16.5. The van der Waals surface area contributed by atoms with Gasteiger partial charge in [0.05, 0.1) is 6.61 Å². The van der Waals surface area contributed by atoms with Gasteiger partial charge in [0.2, 0.25) is 0 Å². The second-order valence-electron chi connectivity index (χ2n) is 6.03. The lowest BCUT2D eigenvalue weighted by Gasteiger charge is -2.32. The third-order valence-electron chi connectivity index (χ3n) is 4.39. The van der Waals surface area contributed by atoms with Gasteiger partial charge in [-0.05, 0) is 57.4 Å². The minimum absolute atomic E-state index is 0.0504. The third-order valence-corrected chi connectivity index (χ3v) is 4.39. The largest absolute Gasteiger partial charge is 0.466 e. The second-order valence-corrected chi connectivity index (χ2v) is 6.03. The molecule has 0 heterocycles. The fourth-order valence-corrected chi connectivity index (χ4v) is 2.84. The number of esters is 1. The molecule has 0 aromatic carbocycles. The van der Waals surface area contributed by atoms with Gasteiger partial charge in [-0.3, -0.25) is 4.79 Å². The average molecular weight is 269 g/mol. The van der Waals surface area contributed by atoms with Crippen molar-refractivity contribution >= 4 is 5.97 Å². The summed E-state index contributed by atoms with van der Waals surface area (Å²) in [4.78, 5) is 11.2. The molecule has 3 atom stereocenters. The van der Waals surface area contributed by atoms with E-state index in [0.29, 0.717) is 13.0 Å². The van der Waals surface area contributed by atoms with Crippen LogP contribution in [0.1, 0.15) is 65.7 Å². The van der Waals surface area contributed by atoms with E-state index in [9.17, 15) is 4.79 Å². The third kappa shape index (κ3) is 6.95. The van der Waals surface area contributed by atoms with Crippen molar-refractivity contribution < 1.29 is 9.53 Å². The second kappa shape index (κ2) is 9.35. The Morgan fingerprint density at radius 2 is 1.95 bits per heavy atom. The van der Waals surface area contributed by atoms with Crippen molar-refractivity contribution in [1.82, 2.24) is 5.32 Å². The van der Waals surface area contributed by atoms with Crippen molar-refractivity contribution in [2.24, 2.45) is 11.8 Å². The molecule has 0 aromatic rings. The number of rotatable bonds is 8. The van der Waals surface area contributed by atoms with E-state index in [1.807, 2.05) is 6.92 Å². The molecule has 3 nitrogen and oxygen atoms in total. The van der Waals surface area contributed by atoms with E-state index in [-0.39, 0.29) is 5.97 Å². The van der Waals surface area contributed by atoms with Crippen molar-refractivity contribution in [2.45, 2.75) is 71.8 Å². The number of unbranched alkanes of at least 4 members (excludes halogenated alkanes) is 2. The summed E-state index contributed by atoms with van der Waals surface area (Å²) in [7, 11) is 0. The highest BCUT2D eigenvalue weighted by Crippen LogP contribution is 2.29. The van der Waals surface area contributed by atoms with Crippen molar-refractivity contribution in [3.63, 3.8) is 0 Å². The van der Waals surface area contributed by atoms with Crippen molar-refractivity contribution in [3.8, 4) is 0 Å². The van der Waals surface area contributed by atoms with Crippen LogP contribution in [0.15, 0.2) is 0 Å². The first-order valence-electron chi connectivity index (χ1n) is 8.02. The maximum Gasteiger partial charge on any atom is 0.305 e. The van der Waals surface area contributed by atoms with Crippen molar-refractivity contribution in [3.05, 3.63) is 0 Å². The Kier molecular flexibility index (Phi) is 8.11. The molecule has 1 rings (SSSR count). The zero-order valence-corrected chi connectivity index (χ0v) is 12.9. The fraction of sp³-hybridized carbons (Fsp3) is 0.938. The van der Waals surface area contributed by atoms with Crippen LogP contribution in [0.25, 0.3) is 0 Å². The minimum atomic E-state index is -0.0504. The number of carbonyl (C=O) groups excluding carboxylic acids is 1. The summed E-state index contributed by atoms with van der Waals surface area (Å²) in [5.74, 6) is 1.70. The Morgan fingerprint density at radius 1 is 1.16 bits per heavy atom. The molecule has 3 heteroatoms. The molecule has 0 radical (unpaired) electrons. The number of hydrogen-bond donors (Lipinski definition) is 1. The maximum atomic E-state index is 11.2. The van der Waals surface area contributed by atoms with Crippen molar-refractivity contribution in [1.29, 1.82) is 0 Å². The molecule has 0 bridgehead atoms. The van der Waals surface area contributed by atoms with E-state index in [0.717, 1.165) is 37.3 Å².